The lowest BCUT2D eigenvalue weighted by atomic mass is 10.1. The van der Waals surface area contributed by atoms with Crippen molar-refractivity contribution in [3.8, 4) is 0 Å². The third-order valence-electron chi connectivity index (χ3n) is 4.81. The third-order valence-corrected chi connectivity index (χ3v) is 4.81. The zero-order chi connectivity index (χ0) is 22.9. The van der Waals surface area contributed by atoms with Crippen LogP contribution >= 0.6 is 0 Å². The van der Waals surface area contributed by atoms with Crippen molar-refractivity contribution in [1.82, 2.24) is 9.88 Å². The summed E-state index contributed by atoms with van der Waals surface area (Å²) in [7, 11) is 1.54. The van der Waals surface area contributed by atoms with Crippen LogP contribution in [-0.2, 0) is 17.8 Å². The summed E-state index contributed by atoms with van der Waals surface area (Å²) >= 11 is 0. The number of nitro benzene ring substituents is 1. The van der Waals surface area contributed by atoms with Gasteiger partial charge >= 0.3 is 0 Å². The van der Waals surface area contributed by atoms with E-state index in [4.69, 9.17) is 4.74 Å². The van der Waals surface area contributed by atoms with Crippen LogP contribution in [0.3, 0.4) is 0 Å². The Kier molecular flexibility index (Phi) is 7.71. The Hall–Kier alpha value is -3.98. The van der Waals surface area contributed by atoms with E-state index in [1.54, 1.807) is 30.0 Å². The van der Waals surface area contributed by atoms with Gasteiger partial charge in [-0.3, -0.25) is 19.7 Å². The molecular formula is C23H24N4O5. The van der Waals surface area contributed by atoms with Crippen LogP contribution in [0, 0.1) is 10.1 Å². The van der Waals surface area contributed by atoms with Gasteiger partial charge in [-0.1, -0.05) is 30.3 Å². The van der Waals surface area contributed by atoms with E-state index >= 15 is 0 Å². The van der Waals surface area contributed by atoms with Gasteiger partial charge in [-0.25, -0.2) is 0 Å². The van der Waals surface area contributed by atoms with E-state index < -0.39 is 10.8 Å². The molecule has 1 aromatic heterocycles. The zero-order valence-corrected chi connectivity index (χ0v) is 17.6. The van der Waals surface area contributed by atoms with E-state index in [-0.39, 0.29) is 23.4 Å². The van der Waals surface area contributed by atoms with Crippen molar-refractivity contribution in [2.45, 2.75) is 13.1 Å². The van der Waals surface area contributed by atoms with Crippen LogP contribution in [0.1, 0.15) is 21.5 Å². The van der Waals surface area contributed by atoms with Crippen molar-refractivity contribution in [3.05, 3.63) is 104 Å². The molecule has 0 aliphatic rings. The molecule has 0 aliphatic heterocycles. The number of rotatable bonds is 10. The van der Waals surface area contributed by atoms with Gasteiger partial charge in [0.1, 0.15) is 5.69 Å². The zero-order valence-electron chi connectivity index (χ0n) is 17.6. The number of ether oxygens (including phenoxy) is 1. The highest BCUT2D eigenvalue weighted by molar-refractivity contribution is 5.95. The summed E-state index contributed by atoms with van der Waals surface area (Å²) in [4.78, 5) is 35.2. The van der Waals surface area contributed by atoms with Gasteiger partial charge in [0.2, 0.25) is 0 Å². The summed E-state index contributed by atoms with van der Waals surface area (Å²) < 4.78 is 6.54. The molecule has 9 nitrogen and oxygen atoms in total. The predicted molar refractivity (Wildman–Crippen MR) is 121 cm³/mol. The number of hydrogen-bond acceptors (Lipinski definition) is 6. The molecule has 0 unspecified atom stereocenters. The molecule has 0 fully saturated rings. The largest absolute Gasteiger partial charge is 0.383 e. The first kappa shape index (κ1) is 22.7. The van der Waals surface area contributed by atoms with Gasteiger partial charge in [0.25, 0.3) is 17.2 Å². The second-order valence-corrected chi connectivity index (χ2v) is 7.07. The molecule has 0 saturated carbocycles. The number of methoxy groups -OCH3 is 1. The molecule has 3 rings (SSSR count). The number of pyridine rings is 1. The normalized spacial score (nSPS) is 10.5. The number of carbonyl (C=O) groups is 1. The fourth-order valence-electron chi connectivity index (χ4n) is 3.10. The highest BCUT2D eigenvalue weighted by Crippen LogP contribution is 2.25. The molecule has 0 atom stereocenters. The molecule has 2 N–H and O–H groups in total. The average molecular weight is 436 g/mol. The molecule has 0 bridgehead atoms. The average Bonchev–Trinajstić information content (AvgIpc) is 2.80. The van der Waals surface area contributed by atoms with Gasteiger partial charge in [-0.15, -0.1) is 0 Å². The Morgan fingerprint density at radius 3 is 2.53 bits per heavy atom. The Labute approximate surface area is 184 Å². The smallest absolute Gasteiger partial charge is 0.293 e. The monoisotopic (exact) mass is 436 g/mol. The number of anilines is 1. The number of aromatic nitrogens is 1. The summed E-state index contributed by atoms with van der Waals surface area (Å²) in [6.07, 6.45) is 1.73. The molecule has 0 saturated heterocycles. The molecule has 166 valence electrons. The Balaban J connectivity index is 1.61. The molecule has 0 radical (unpaired) electrons. The Morgan fingerprint density at radius 2 is 1.84 bits per heavy atom. The van der Waals surface area contributed by atoms with Crippen LogP contribution in [0.4, 0.5) is 11.4 Å². The summed E-state index contributed by atoms with van der Waals surface area (Å²) in [5.41, 5.74) is 2.12. The van der Waals surface area contributed by atoms with E-state index in [0.717, 1.165) is 11.1 Å². The lowest BCUT2D eigenvalue weighted by Crippen LogP contribution is -2.23. The van der Waals surface area contributed by atoms with Gasteiger partial charge in [-0.05, 0) is 29.3 Å². The van der Waals surface area contributed by atoms with Crippen LogP contribution < -0.4 is 16.2 Å². The first-order valence-corrected chi connectivity index (χ1v) is 10.0. The van der Waals surface area contributed by atoms with Crippen LogP contribution in [-0.4, -0.2) is 35.7 Å². The Bertz CT molecular complexity index is 1140. The maximum Gasteiger partial charge on any atom is 0.293 e. The number of benzene rings is 2. The third kappa shape index (κ3) is 6.02. The number of carbonyl (C=O) groups excluding carboxylic acids is 1. The predicted octanol–water partition coefficient (Wildman–Crippen LogP) is 2.79. The molecular weight excluding hydrogens is 412 g/mol. The first-order valence-electron chi connectivity index (χ1n) is 10.0. The summed E-state index contributed by atoms with van der Waals surface area (Å²) in [6, 6.07) is 16.9. The van der Waals surface area contributed by atoms with Crippen molar-refractivity contribution >= 4 is 17.3 Å². The van der Waals surface area contributed by atoms with Gasteiger partial charge in [0, 0.05) is 44.1 Å². The number of nitrogens with one attached hydrogen (secondary N) is 2. The summed E-state index contributed by atoms with van der Waals surface area (Å²) in [5, 5.41) is 17.1. The molecule has 2 aromatic carbocycles. The highest BCUT2D eigenvalue weighted by Gasteiger charge is 2.17. The summed E-state index contributed by atoms with van der Waals surface area (Å²) in [6.45, 7) is 1.55. The molecule has 1 amide bonds. The first-order chi connectivity index (χ1) is 15.5. The fraction of sp³-hybridized carbons (Fsp3) is 0.217. The Morgan fingerprint density at radius 1 is 1.09 bits per heavy atom. The second-order valence-electron chi connectivity index (χ2n) is 7.07. The van der Waals surface area contributed by atoms with Gasteiger partial charge in [0.05, 0.1) is 18.1 Å². The number of nitrogens with zero attached hydrogens (tertiary/aromatic N) is 2. The van der Waals surface area contributed by atoms with E-state index in [9.17, 15) is 19.7 Å². The second kappa shape index (κ2) is 10.9. The minimum absolute atomic E-state index is 0.0714. The topological polar surface area (TPSA) is 116 Å². The summed E-state index contributed by atoms with van der Waals surface area (Å²) in [5.74, 6) is -0.406. The minimum atomic E-state index is -0.525. The van der Waals surface area contributed by atoms with Crippen molar-refractivity contribution in [2.75, 3.05) is 25.6 Å². The van der Waals surface area contributed by atoms with Crippen molar-refractivity contribution in [1.29, 1.82) is 0 Å². The maximum absolute atomic E-state index is 12.5. The molecule has 0 spiro atoms. The van der Waals surface area contributed by atoms with E-state index in [1.807, 2.05) is 24.3 Å². The number of nitro groups is 1. The van der Waals surface area contributed by atoms with Crippen LogP contribution in [0.5, 0.6) is 0 Å². The quantitative estimate of drug-likeness (QED) is 0.287. The maximum atomic E-state index is 12.5. The fourth-order valence-corrected chi connectivity index (χ4v) is 3.10. The van der Waals surface area contributed by atoms with Crippen LogP contribution in [0.15, 0.2) is 71.7 Å². The van der Waals surface area contributed by atoms with Crippen molar-refractivity contribution in [3.63, 3.8) is 0 Å². The highest BCUT2D eigenvalue weighted by atomic mass is 16.6. The van der Waals surface area contributed by atoms with Gasteiger partial charge in [-0.2, -0.15) is 0 Å². The molecule has 0 aliphatic carbocycles. The van der Waals surface area contributed by atoms with E-state index in [0.29, 0.717) is 25.4 Å². The van der Waals surface area contributed by atoms with E-state index in [1.165, 1.54) is 24.3 Å². The van der Waals surface area contributed by atoms with E-state index in [2.05, 4.69) is 10.6 Å². The van der Waals surface area contributed by atoms with Crippen LogP contribution in [0.25, 0.3) is 0 Å². The molecule has 3 aromatic rings. The lowest BCUT2D eigenvalue weighted by Gasteiger charge is -2.10. The molecule has 32 heavy (non-hydrogen) atoms. The van der Waals surface area contributed by atoms with Gasteiger partial charge < -0.3 is 19.9 Å². The molecule has 9 heteroatoms. The number of amides is 1. The van der Waals surface area contributed by atoms with Crippen molar-refractivity contribution < 1.29 is 14.5 Å². The van der Waals surface area contributed by atoms with Crippen LogP contribution in [0.2, 0.25) is 0 Å². The SMILES string of the molecule is COCCNc1ccc(C(=O)NCc2ccc(Cn3ccccc3=O)cc2)cc1[N+](=O)[O-]. The molecule has 1 heterocycles. The number of hydrogen-bond donors (Lipinski definition) is 2. The van der Waals surface area contributed by atoms with Gasteiger partial charge in [0.15, 0.2) is 0 Å². The standard InChI is InChI=1S/C23H24N4O5/c1-32-13-11-24-20-10-9-19(14-21(20)27(30)31)23(29)25-15-17-5-7-18(8-6-17)16-26-12-3-2-4-22(26)28/h2-10,12,14,24H,11,13,15-16H2,1H3,(H,25,29). The van der Waals surface area contributed by atoms with Crippen molar-refractivity contribution in [2.24, 2.45) is 0 Å². The lowest BCUT2D eigenvalue weighted by molar-refractivity contribution is -0.384. The minimum Gasteiger partial charge on any atom is -0.383 e.